The Morgan fingerprint density at radius 2 is 1.89 bits per heavy atom. The minimum absolute atomic E-state index is 0.116. The molecule has 0 amide bonds. The van der Waals surface area contributed by atoms with Crippen LogP contribution < -0.4 is 14.6 Å². The molecular weight excluding hydrogens is 461 g/mol. The Morgan fingerprint density at radius 1 is 1.22 bits per heavy atom. The molecule has 0 bridgehead atoms. The molecule has 0 radical (unpaired) electrons. The van der Waals surface area contributed by atoms with Crippen LogP contribution in [0, 0.1) is 11.8 Å². The van der Waals surface area contributed by atoms with E-state index in [2.05, 4.69) is 10.3 Å². The van der Waals surface area contributed by atoms with Crippen molar-refractivity contribution in [2.24, 2.45) is 5.18 Å². The summed E-state index contributed by atoms with van der Waals surface area (Å²) >= 11 is 1.76. The van der Waals surface area contributed by atoms with E-state index in [4.69, 9.17) is 8.91 Å². The van der Waals surface area contributed by atoms with Gasteiger partial charge in [0.05, 0.1) is 5.69 Å². The maximum Gasteiger partial charge on any atom is 0.370 e. The van der Waals surface area contributed by atoms with Crippen LogP contribution in [0.1, 0.15) is 30.9 Å². The maximum absolute atomic E-state index is 12.6. The first kappa shape index (κ1) is 19.1. The lowest BCUT2D eigenvalue weighted by atomic mass is 9.98. The lowest BCUT2D eigenvalue weighted by Crippen LogP contribution is -2.29. The van der Waals surface area contributed by atoms with Gasteiger partial charge in [0.25, 0.3) is 0 Å². The topological polar surface area (TPSA) is 104 Å². The summed E-state index contributed by atoms with van der Waals surface area (Å²) in [4.78, 5) is 24.8. The van der Waals surface area contributed by atoms with Crippen molar-refractivity contribution in [2.45, 2.75) is 26.7 Å². The Morgan fingerprint density at radius 3 is 2.44 bits per heavy atom. The lowest BCUT2D eigenvalue weighted by molar-refractivity contribution is 0.685. The minimum Gasteiger partial charge on any atom is -0.427 e. The third-order valence-corrected chi connectivity index (χ3v) is 4.74. The fraction of sp³-hybridized carbons (Fsp3) is 0.222. The average Bonchev–Trinajstić information content (AvgIpc) is 2.95. The summed E-state index contributed by atoms with van der Waals surface area (Å²) in [6, 6.07) is 10.7. The molecule has 1 heterocycles. The molecule has 140 valence electrons. The van der Waals surface area contributed by atoms with Gasteiger partial charge in [-0.15, -0.1) is 14.8 Å². The van der Waals surface area contributed by atoms with Gasteiger partial charge in [-0.05, 0) is 41.8 Å². The van der Waals surface area contributed by atoms with E-state index >= 15 is 0 Å². The first-order valence-electron chi connectivity index (χ1n) is 8.21. The molecule has 0 saturated carbocycles. The number of halogens is 1. The molecule has 0 unspecified atom stereocenters. The van der Waals surface area contributed by atoms with Crippen LogP contribution in [-0.4, -0.2) is 14.5 Å². The van der Waals surface area contributed by atoms with E-state index in [1.807, 2.05) is 32.9 Å². The fourth-order valence-electron chi connectivity index (χ4n) is 2.84. The summed E-state index contributed by atoms with van der Waals surface area (Å²) in [5.74, 6) is 6.63. The average molecular weight is 479 g/mol. The van der Waals surface area contributed by atoms with Crippen LogP contribution in [0.25, 0.3) is 17.1 Å². The Bertz CT molecular complexity index is 1050. The minimum atomic E-state index is -0.522. The monoisotopic (exact) mass is 479 g/mol. The van der Waals surface area contributed by atoms with Crippen molar-refractivity contribution in [3.63, 3.8) is 0 Å². The summed E-state index contributed by atoms with van der Waals surface area (Å²) < 4.78 is 6.71. The van der Waals surface area contributed by atoms with E-state index in [9.17, 15) is 9.70 Å². The molecule has 2 N–H and O–H groups in total. The molecule has 3 rings (SSSR count). The van der Waals surface area contributed by atoms with Crippen molar-refractivity contribution >= 4 is 28.7 Å². The van der Waals surface area contributed by atoms with Gasteiger partial charge in [0.1, 0.15) is 11.4 Å². The summed E-state index contributed by atoms with van der Waals surface area (Å²) in [7, 11) is 0. The van der Waals surface area contributed by atoms with Crippen molar-refractivity contribution in [1.29, 1.82) is 0 Å². The van der Waals surface area contributed by atoms with Crippen LogP contribution >= 0.6 is 23.0 Å². The Hall–Kier alpha value is -2.69. The number of nitrogens with zero attached hydrogens (tertiary/aromatic N) is 4. The van der Waals surface area contributed by atoms with Crippen molar-refractivity contribution in [3.8, 4) is 22.8 Å². The van der Waals surface area contributed by atoms with Crippen LogP contribution in [0.3, 0.4) is 0 Å². The first-order chi connectivity index (χ1) is 12.9. The van der Waals surface area contributed by atoms with Gasteiger partial charge in [-0.25, -0.2) is 9.36 Å². The van der Waals surface area contributed by atoms with Gasteiger partial charge in [-0.1, -0.05) is 31.5 Å². The molecule has 0 saturated heterocycles. The lowest BCUT2D eigenvalue weighted by Gasteiger charge is -2.14. The highest BCUT2D eigenvalue weighted by Gasteiger charge is 2.22. The van der Waals surface area contributed by atoms with Crippen molar-refractivity contribution < 1.29 is 3.07 Å². The second-order valence-electron chi connectivity index (χ2n) is 6.45. The quantitative estimate of drug-likeness (QED) is 0.339. The molecule has 27 heavy (non-hydrogen) atoms. The molecule has 0 aliphatic rings. The predicted octanol–water partition coefficient (Wildman–Crippen LogP) is 3.97. The van der Waals surface area contributed by atoms with Gasteiger partial charge in [0, 0.05) is 11.6 Å². The summed E-state index contributed by atoms with van der Waals surface area (Å²) in [6.45, 7) is 5.95. The molecule has 2 aromatic carbocycles. The molecule has 8 nitrogen and oxygen atoms in total. The fourth-order valence-corrected chi connectivity index (χ4v) is 3.22. The molecule has 0 aliphatic carbocycles. The van der Waals surface area contributed by atoms with E-state index in [0.717, 1.165) is 15.9 Å². The van der Waals surface area contributed by atoms with Gasteiger partial charge in [0.2, 0.25) is 0 Å². The van der Waals surface area contributed by atoms with Crippen LogP contribution in [-0.2, 0) is 0 Å². The number of nitrogens with two attached hydrogens (primary N) is 1. The molecule has 0 aliphatic heterocycles. The highest BCUT2D eigenvalue weighted by molar-refractivity contribution is 14.1. The standard InChI is InChI=1S/C18H18IN5O3/c1-10(2)13-8-14(15(22-26)9-16(13)27-19)17-21-24(20)18(25)23(17)12-6-4-11(3)5-7-12/h4-10H,20H2,1-3H3. The van der Waals surface area contributed by atoms with Crippen molar-refractivity contribution in [3.05, 3.63) is 62.9 Å². The second kappa shape index (κ2) is 7.51. The number of hydrogen-bond donors (Lipinski definition) is 1. The van der Waals surface area contributed by atoms with Gasteiger partial charge in [0.15, 0.2) is 28.8 Å². The maximum atomic E-state index is 12.6. The van der Waals surface area contributed by atoms with Gasteiger partial charge >= 0.3 is 5.69 Å². The number of nitroso groups, excluding NO2 is 1. The zero-order chi connectivity index (χ0) is 19.7. The number of benzene rings is 2. The smallest absolute Gasteiger partial charge is 0.370 e. The van der Waals surface area contributed by atoms with Crippen LogP contribution in [0.5, 0.6) is 5.75 Å². The van der Waals surface area contributed by atoms with Crippen LogP contribution in [0.4, 0.5) is 5.69 Å². The van der Waals surface area contributed by atoms with Gasteiger partial charge < -0.3 is 8.91 Å². The van der Waals surface area contributed by atoms with Gasteiger partial charge in [-0.3, -0.25) is 0 Å². The Balaban J connectivity index is 2.33. The Kier molecular flexibility index (Phi) is 5.31. The van der Waals surface area contributed by atoms with E-state index in [0.29, 0.717) is 17.0 Å². The van der Waals surface area contributed by atoms with E-state index < -0.39 is 5.69 Å². The van der Waals surface area contributed by atoms with Gasteiger partial charge in [-0.2, -0.15) is 0 Å². The zero-order valence-electron chi connectivity index (χ0n) is 15.0. The summed E-state index contributed by atoms with van der Waals surface area (Å²) in [6.07, 6.45) is 0. The van der Waals surface area contributed by atoms with E-state index in [1.165, 1.54) is 4.57 Å². The molecule has 0 atom stereocenters. The van der Waals surface area contributed by atoms with Crippen molar-refractivity contribution in [1.82, 2.24) is 14.5 Å². The first-order valence-corrected chi connectivity index (χ1v) is 9.10. The zero-order valence-corrected chi connectivity index (χ0v) is 17.2. The predicted molar refractivity (Wildman–Crippen MR) is 112 cm³/mol. The number of hydrogen-bond acceptors (Lipinski definition) is 6. The Labute approximate surface area is 169 Å². The molecule has 0 fully saturated rings. The highest BCUT2D eigenvalue weighted by atomic mass is 127. The molecular formula is C18H18IN5O3. The number of aryl methyl sites for hydroxylation is 1. The molecule has 9 heteroatoms. The van der Waals surface area contributed by atoms with E-state index in [1.54, 1.807) is 47.3 Å². The highest BCUT2D eigenvalue weighted by Crippen LogP contribution is 2.39. The van der Waals surface area contributed by atoms with E-state index in [-0.39, 0.29) is 17.4 Å². The van der Waals surface area contributed by atoms with Crippen LogP contribution in [0.2, 0.25) is 0 Å². The molecule has 1 aromatic heterocycles. The number of nitrogen functional groups attached to an aromatic ring is 1. The van der Waals surface area contributed by atoms with Crippen LogP contribution in [0.15, 0.2) is 46.4 Å². The molecule has 3 aromatic rings. The largest absolute Gasteiger partial charge is 0.427 e. The number of aromatic nitrogens is 3. The SMILES string of the molecule is Cc1ccc(-n2c(-c3cc(C(C)C)c(OI)cc3N=O)nn(N)c2=O)cc1. The summed E-state index contributed by atoms with van der Waals surface area (Å²) in [5, 5.41) is 7.25. The third kappa shape index (κ3) is 3.46. The normalized spacial score (nSPS) is 11.0. The second-order valence-corrected chi connectivity index (χ2v) is 6.89. The van der Waals surface area contributed by atoms with Crippen molar-refractivity contribution in [2.75, 3.05) is 5.84 Å². The summed E-state index contributed by atoms with van der Waals surface area (Å²) in [5.41, 5.74) is 2.51. The number of rotatable bonds is 5. The third-order valence-electron chi connectivity index (χ3n) is 4.27. The molecule has 0 spiro atoms.